The van der Waals surface area contributed by atoms with Gasteiger partial charge in [0.15, 0.2) is 0 Å². The van der Waals surface area contributed by atoms with E-state index in [1.165, 1.54) is 0 Å². The second-order valence-corrected chi connectivity index (χ2v) is 6.19. The average molecular weight is 277 g/mol. The molecule has 87 valence electrons. The Morgan fingerprint density at radius 3 is 2.60 bits per heavy atom. The number of ether oxygens (including phenoxy) is 1. The van der Waals surface area contributed by atoms with Gasteiger partial charge in [0.25, 0.3) is 0 Å². The number of alkyl carbamates (subject to hydrolysis) is 1. The standard InChI is InChI=1S/C11H19BrNO2/c1-11(2,3)15-10(14)13-9-6-4-8(12)5-7-9/h6,8-9H,4-5,7H2,1-3H3,(H,13,14). The van der Waals surface area contributed by atoms with Crippen LogP contribution >= 0.6 is 15.9 Å². The highest BCUT2D eigenvalue weighted by atomic mass is 79.9. The van der Waals surface area contributed by atoms with Crippen LogP contribution in [0.1, 0.15) is 40.0 Å². The van der Waals surface area contributed by atoms with Crippen molar-refractivity contribution in [2.75, 3.05) is 0 Å². The molecule has 2 unspecified atom stereocenters. The zero-order valence-corrected chi connectivity index (χ0v) is 11.1. The molecular formula is C11H19BrNO2. The SMILES string of the molecule is CC(C)(C)OC(=O)NC1[CH]CC(Br)CC1. The molecule has 1 radical (unpaired) electrons. The summed E-state index contributed by atoms with van der Waals surface area (Å²) in [4.78, 5) is 12.0. The fraction of sp³-hybridized carbons (Fsp3) is 0.818. The number of alkyl halides is 1. The molecule has 1 rings (SSSR count). The maximum atomic E-state index is 11.4. The first-order valence-electron chi connectivity index (χ1n) is 5.34. The van der Waals surface area contributed by atoms with Gasteiger partial charge in [-0.25, -0.2) is 4.79 Å². The third-order valence-corrected chi connectivity index (χ3v) is 3.00. The van der Waals surface area contributed by atoms with Gasteiger partial charge >= 0.3 is 6.09 Å². The molecule has 1 saturated carbocycles. The van der Waals surface area contributed by atoms with Crippen molar-refractivity contribution < 1.29 is 9.53 Å². The van der Waals surface area contributed by atoms with Crippen molar-refractivity contribution in [3.63, 3.8) is 0 Å². The van der Waals surface area contributed by atoms with E-state index >= 15 is 0 Å². The van der Waals surface area contributed by atoms with Gasteiger partial charge in [0.1, 0.15) is 5.60 Å². The minimum atomic E-state index is -0.420. The maximum absolute atomic E-state index is 11.4. The van der Waals surface area contributed by atoms with E-state index in [0.717, 1.165) is 19.3 Å². The molecule has 0 spiro atoms. The van der Waals surface area contributed by atoms with Crippen LogP contribution in [0.2, 0.25) is 0 Å². The summed E-state index contributed by atoms with van der Waals surface area (Å²) in [5.41, 5.74) is -0.420. The summed E-state index contributed by atoms with van der Waals surface area (Å²) in [6.07, 6.45) is 4.89. The Morgan fingerprint density at radius 1 is 1.47 bits per heavy atom. The van der Waals surface area contributed by atoms with Gasteiger partial charge in [0.05, 0.1) is 0 Å². The molecule has 0 heterocycles. The van der Waals surface area contributed by atoms with E-state index in [1.54, 1.807) is 0 Å². The molecule has 1 N–H and O–H groups in total. The second kappa shape index (κ2) is 5.19. The predicted molar refractivity (Wildman–Crippen MR) is 64.0 cm³/mol. The van der Waals surface area contributed by atoms with Crippen molar-refractivity contribution in [1.82, 2.24) is 5.32 Å². The molecule has 1 fully saturated rings. The van der Waals surface area contributed by atoms with Crippen molar-refractivity contribution in [2.45, 2.75) is 56.5 Å². The average Bonchev–Trinajstić information content (AvgIpc) is 2.05. The lowest BCUT2D eigenvalue weighted by molar-refractivity contribution is 0.0505. The molecule has 2 atom stereocenters. The molecule has 4 heteroatoms. The van der Waals surface area contributed by atoms with Crippen LogP contribution in [0.15, 0.2) is 0 Å². The van der Waals surface area contributed by atoms with E-state index < -0.39 is 5.60 Å². The number of nitrogens with one attached hydrogen (secondary N) is 1. The Bertz CT molecular complexity index is 217. The smallest absolute Gasteiger partial charge is 0.407 e. The fourth-order valence-electron chi connectivity index (χ4n) is 1.50. The number of hydrogen-bond donors (Lipinski definition) is 1. The van der Waals surface area contributed by atoms with E-state index in [0.29, 0.717) is 4.83 Å². The summed E-state index contributed by atoms with van der Waals surface area (Å²) >= 11 is 3.56. The number of halogens is 1. The van der Waals surface area contributed by atoms with E-state index in [9.17, 15) is 4.79 Å². The molecule has 0 aliphatic heterocycles. The molecule has 0 bridgehead atoms. The molecule has 1 amide bonds. The highest BCUT2D eigenvalue weighted by molar-refractivity contribution is 9.09. The number of amides is 1. The van der Waals surface area contributed by atoms with Gasteiger partial charge in [-0.3, -0.25) is 0 Å². The van der Waals surface area contributed by atoms with Crippen LogP contribution in [0.25, 0.3) is 0 Å². The zero-order valence-electron chi connectivity index (χ0n) is 9.55. The van der Waals surface area contributed by atoms with Crippen LogP contribution in [-0.4, -0.2) is 22.6 Å². The molecule has 0 aromatic carbocycles. The van der Waals surface area contributed by atoms with E-state index in [1.807, 2.05) is 20.8 Å². The second-order valence-electron chi connectivity index (χ2n) is 4.90. The number of carbonyl (C=O) groups excluding carboxylic acids is 1. The first-order valence-corrected chi connectivity index (χ1v) is 6.25. The topological polar surface area (TPSA) is 38.3 Å². The van der Waals surface area contributed by atoms with Crippen molar-refractivity contribution >= 4 is 22.0 Å². The summed E-state index contributed by atoms with van der Waals surface area (Å²) in [5.74, 6) is 0. The first-order chi connectivity index (χ1) is 6.87. The number of rotatable bonds is 1. The third-order valence-electron chi connectivity index (χ3n) is 2.17. The molecule has 0 saturated heterocycles. The van der Waals surface area contributed by atoms with Gasteiger partial charge in [-0.2, -0.15) is 0 Å². The minimum Gasteiger partial charge on any atom is -0.444 e. The molecular weight excluding hydrogens is 258 g/mol. The van der Waals surface area contributed by atoms with Crippen LogP contribution in [-0.2, 0) is 4.74 Å². The van der Waals surface area contributed by atoms with E-state index in [2.05, 4.69) is 27.7 Å². The summed E-state index contributed by atoms with van der Waals surface area (Å²) in [6, 6.07) is 0.161. The van der Waals surface area contributed by atoms with Crippen LogP contribution in [0, 0.1) is 6.42 Å². The maximum Gasteiger partial charge on any atom is 0.407 e. The largest absolute Gasteiger partial charge is 0.444 e. The molecule has 0 aromatic heterocycles. The predicted octanol–water partition coefficient (Wildman–Crippen LogP) is 3.03. The number of hydrogen-bond acceptors (Lipinski definition) is 2. The zero-order chi connectivity index (χ0) is 11.5. The summed E-state index contributed by atoms with van der Waals surface area (Å²) in [6.45, 7) is 5.60. The Hall–Kier alpha value is -0.250. The van der Waals surface area contributed by atoms with Gasteiger partial charge in [-0.15, -0.1) is 0 Å². The van der Waals surface area contributed by atoms with Crippen LogP contribution in [0.4, 0.5) is 4.79 Å². The summed E-state index contributed by atoms with van der Waals surface area (Å²) in [5, 5.41) is 2.86. The lowest BCUT2D eigenvalue weighted by Gasteiger charge is -2.27. The van der Waals surface area contributed by atoms with E-state index in [-0.39, 0.29) is 12.1 Å². The van der Waals surface area contributed by atoms with Crippen molar-refractivity contribution in [2.24, 2.45) is 0 Å². The first kappa shape index (κ1) is 12.8. The van der Waals surface area contributed by atoms with Gasteiger partial charge in [0.2, 0.25) is 0 Å². The van der Waals surface area contributed by atoms with Gasteiger partial charge in [-0.05, 0) is 46.5 Å². The van der Waals surface area contributed by atoms with Crippen molar-refractivity contribution in [1.29, 1.82) is 0 Å². The molecule has 1 aliphatic carbocycles. The van der Waals surface area contributed by atoms with E-state index in [4.69, 9.17) is 4.74 Å². The molecule has 1 aliphatic rings. The van der Waals surface area contributed by atoms with Crippen LogP contribution < -0.4 is 5.32 Å². The summed E-state index contributed by atoms with van der Waals surface area (Å²) in [7, 11) is 0. The van der Waals surface area contributed by atoms with Crippen LogP contribution in [0.3, 0.4) is 0 Å². The third kappa shape index (κ3) is 5.40. The normalized spacial score (nSPS) is 27.2. The Balaban J connectivity index is 2.27. The van der Waals surface area contributed by atoms with Gasteiger partial charge in [0, 0.05) is 10.9 Å². The molecule has 3 nitrogen and oxygen atoms in total. The number of carbonyl (C=O) groups is 1. The molecule has 15 heavy (non-hydrogen) atoms. The lowest BCUT2D eigenvalue weighted by atomic mass is 9.95. The van der Waals surface area contributed by atoms with Gasteiger partial charge < -0.3 is 10.1 Å². The molecule has 0 aromatic rings. The monoisotopic (exact) mass is 276 g/mol. The highest BCUT2D eigenvalue weighted by Gasteiger charge is 2.23. The Kier molecular flexibility index (Phi) is 4.44. The highest BCUT2D eigenvalue weighted by Crippen LogP contribution is 2.23. The van der Waals surface area contributed by atoms with Crippen LogP contribution in [0.5, 0.6) is 0 Å². The Labute approximate surface area is 100 Å². The van der Waals surface area contributed by atoms with Crippen molar-refractivity contribution in [3.05, 3.63) is 6.42 Å². The van der Waals surface area contributed by atoms with Crippen molar-refractivity contribution in [3.8, 4) is 0 Å². The summed E-state index contributed by atoms with van der Waals surface area (Å²) < 4.78 is 5.19. The minimum absolute atomic E-state index is 0.161. The fourth-order valence-corrected chi connectivity index (χ4v) is 1.98. The lowest BCUT2D eigenvalue weighted by Crippen LogP contribution is -2.41. The Morgan fingerprint density at radius 2 is 2.13 bits per heavy atom. The quantitative estimate of drug-likeness (QED) is 0.748. The van der Waals surface area contributed by atoms with Gasteiger partial charge in [-0.1, -0.05) is 15.9 Å².